The first-order valence-electron chi connectivity index (χ1n) is 11.9. The molecular formula is C23H34F3N3O6. The predicted molar refractivity (Wildman–Crippen MR) is 119 cm³/mol. The number of amides is 3. The minimum atomic E-state index is -5.18. The van der Waals surface area contributed by atoms with Crippen molar-refractivity contribution in [1.82, 2.24) is 15.5 Å². The summed E-state index contributed by atoms with van der Waals surface area (Å²) < 4.78 is 43.7. The minimum absolute atomic E-state index is 0.0487. The number of esters is 1. The molecule has 198 valence electrons. The molecule has 3 N–H and O–H groups in total. The number of β-amino-alcohol motifs (C(OH)–C–C–N with tert-alkyl or cyclic N) is 1. The van der Waals surface area contributed by atoms with Gasteiger partial charge in [-0.15, -0.1) is 6.58 Å². The van der Waals surface area contributed by atoms with Crippen LogP contribution in [0.4, 0.5) is 13.2 Å². The van der Waals surface area contributed by atoms with Crippen molar-refractivity contribution < 1.29 is 42.2 Å². The van der Waals surface area contributed by atoms with E-state index >= 15 is 0 Å². The molecule has 2 aliphatic rings. The van der Waals surface area contributed by atoms with E-state index in [9.17, 15) is 37.5 Å². The lowest BCUT2D eigenvalue weighted by atomic mass is 10.0. The van der Waals surface area contributed by atoms with Crippen LogP contribution in [0.2, 0.25) is 0 Å². The molecule has 0 spiro atoms. The van der Waals surface area contributed by atoms with E-state index in [0.29, 0.717) is 12.8 Å². The smallest absolute Gasteiger partial charge is 0.464 e. The van der Waals surface area contributed by atoms with Crippen molar-refractivity contribution in [3.8, 4) is 0 Å². The average molecular weight is 506 g/mol. The highest BCUT2D eigenvalue weighted by atomic mass is 19.4. The van der Waals surface area contributed by atoms with Crippen LogP contribution in [-0.2, 0) is 23.9 Å². The Hall–Kier alpha value is -2.63. The van der Waals surface area contributed by atoms with Gasteiger partial charge in [0.25, 0.3) is 0 Å². The second-order valence-electron chi connectivity index (χ2n) is 9.00. The topological polar surface area (TPSA) is 125 Å². The van der Waals surface area contributed by atoms with Crippen molar-refractivity contribution in [2.45, 2.75) is 88.7 Å². The second-order valence-corrected chi connectivity index (χ2v) is 9.00. The van der Waals surface area contributed by atoms with E-state index in [1.54, 1.807) is 12.2 Å². The number of likely N-dealkylation sites (tertiary alicyclic amines) is 1. The molecule has 35 heavy (non-hydrogen) atoms. The Morgan fingerprint density at radius 1 is 1.23 bits per heavy atom. The van der Waals surface area contributed by atoms with Crippen LogP contribution in [0.15, 0.2) is 12.7 Å². The maximum Gasteiger partial charge on any atom is 0.471 e. The normalized spacial score (nSPS) is 26.6. The first-order chi connectivity index (χ1) is 16.4. The van der Waals surface area contributed by atoms with Crippen molar-refractivity contribution in [3.63, 3.8) is 0 Å². The fourth-order valence-corrected chi connectivity index (χ4v) is 4.34. The Morgan fingerprint density at radius 3 is 2.46 bits per heavy atom. The van der Waals surface area contributed by atoms with Gasteiger partial charge in [0, 0.05) is 18.9 Å². The summed E-state index contributed by atoms with van der Waals surface area (Å²) in [5.74, 6) is -4.91. The van der Waals surface area contributed by atoms with E-state index in [2.05, 4.69) is 11.9 Å². The molecule has 1 saturated carbocycles. The van der Waals surface area contributed by atoms with E-state index in [4.69, 9.17) is 4.74 Å². The largest absolute Gasteiger partial charge is 0.471 e. The highest BCUT2D eigenvalue weighted by molar-refractivity contribution is 5.97. The summed E-state index contributed by atoms with van der Waals surface area (Å²) in [4.78, 5) is 51.3. The Labute approximate surface area is 202 Å². The summed E-state index contributed by atoms with van der Waals surface area (Å²) >= 11 is 0. The maximum absolute atomic E-state index is 13.2. The maximum atomic E-state index is 13.2. The quantitative estimate of drug-likeness (QED) is 0.210. The summed E-state index contributed by atoms with van der Waals surface area (Å²) in [5, 5.41) is 14.5. The number of ether oxygens (including phenoxy) is 1. The molecule has 1 aliphatic heterocycles. The standard InChI is InChI=1S/C23H34F3N3O6/c1-4-7-8-9-10-16(27-20(33)23(24,25)26)19(32)29-13-15(30)11-17(29)18(31)28-22(12-14(22)5-2)21(34)35-6-3/h5,14-17,30H,2,4,6-13H2,1,3H3,(H,27,33)(H,28,31)/t14-,15-,16+,17+,22-/m1/s1. The van der Waals surface area contributed by atoms with E-state index in [-0.39, 0.29) is 38.3 Å². The second kappa shape index (κ2) is 11.9. The van der Waals surface area contributed by atoms with Crippen molar-refractivity contribution in [2.75, 3.05) is 13.2 Å². The third-order valence-corrected chi connectivity index (χ3v) is 6.36. The zero-order chi connectivity index (χ0) is 26.4. The first-order valence-corrected chi connectivity index (χ1v) is 11.9. The summed E-state index contributed by atoms with van der Waals surface area (Å²) in [5.41, 5.74) is -1.33. The summed E-state index contributed by atoms with van der Waals surface area (Å²) in [6.07, 6.45) is -2.01. The third kappa shape index (κ3) is 6.96. The zero-order valence-corrected chi connectivity index (χ0v) is 20.0. The average Bonchev–Trinajstić information content (AvgIpc) is 3.37. The van der Waals surface area contributed by atoms with Crippen LogP contribution >= 0.6 is 0 Å². The van der Waals surface area contributed by atoms with Gasteiger partial charge in [0.05, 0.1) is 12.7 Å². The molecule has 2 rings (SSSR count). The molecule has 0 unspecified atom stereocenters. The number of nitrogens with zero attached hydrogens (tertiary/aromatic N) is 1. The number of carbonyl (C=O) groups is 4. The number of nitrogens with one attached hydrogen (secondary N) is 2. The van der Waals surface area contributed by atoms with Gasteiger partial charge in [-0.3, -0.25) is 14.4 Å². The van der Waals surface area contributed by atoms with Gasteiger partial charge in [0.2, 0.25) is 11.8 Å². The summed E-state index contributed by atoms with van der Waals surface area (Å²) in [6.45, 7) is 7.00. The van der Waals surface area contributed by atoms with Gasteiger partial charge in [-0.05, 0) is 19.8 Å². The van der Waals surface area contributed by atoms with E-state index in [1.807, 2.05) is 6.92 Å². The highest BCUT2D eigenvalue weighted by Crippen LogP contribution is 2.45. The molecule has 0 aromatic rings. The minimum Gasteiger partial charge on any atom is -0.464 e. The number of carbonyl (C=O) groups excluding carboxylic acids is 4. The number of alkyl halides is 3. The molecule has 0 aromatic heterocycles. The number of hydrogen-bond donors (Lipinski definition) is 3. The molecular weight excluding hydrogens is 471 g/mol. The van der Waals surface area contributed by atoms with E-state index < -0.39 is 53.6 Å². The van der Waals surface area contributed by atoms with Crippen molar-refractivity contribution >= 4 is 23.7 Å². The van der Waals surface area contributed by atoms with E-state index in [0.717, 1.165) is 17.7 Å². The number of halogens is 3. The number of hydrogen-bond acceptors (Lipinski definition) is 6. The van der Waals surface area contributed by atoms with Crippen LogP contribution < -0.4 is 10.6 Å². The Bertz CT molecular complexity index is 821. The predicted octanol–water partition coefficient (Wildman–Crippen LogP) is 1.59. The lowest BCUT2D eigenvalue weighted by Gasteiger charge is -2.30. The van der Waals surface area contributed by atoms with Crippen molar-refractivity contribution in [1.29, 1.82) is 0 Å². The van der Waals surface area contributed by atoms with Gasteiger partial charge in [0.1, 0.15) is 17.6 Å². The van der Waals surface area contributed by atoms with Crippen LogP contribution in [0, 0.1) is 5.92 Å². The molecule has 5 atom stereocenters. The molecule has 1 aliphatic carbocycles. The van der Waals surface area contributed by atoms with Crippen molar-refractivity contribution in [3.05, 3.63) is 12.7 Å². The number of aliphatic hydroxyl groups is 1. The number of aliphatic hydroxyl groups excluding tert-OH is 1. The summed E-state index contributed by atoms with van der Waals surface area (Å²) in [6, 6.07) is -2.74. The van der Waals surface area contributed by atoms with Crippen LogP contribution in [0.1, 0.15) is 58.8 Å². The fraction of sp³-hybridized carbons (Fsp3) is 0.739. The molecule has 0 radical (unpaired) electrons. The number of rotatable bonds is 12. The van der Waals surface area contributed by atoms with Gasteiger partial charge in [-0.25, -0.2) is 4.79 Å². The molecule has 3 amide bonds. The van der Waals surface area contributed by atoms with Gasteiger partial charge >= 0.3 is 18.1 Å². The molecule has 1 heterocycles. The van der Waals surface area contributed by atoms with Gasteiger partial charge in [-0.1, -0.05) is 38.7 Å². The Morgan fingerprint density at radius 2 is 1.91 bits per heavy atom. The molecule has 0 bridgehead atoms. The van der Waals surface area contributed by atoms with Crippen LogP contribution in [0.3, 0.4) is 0 Å². The highest BCUT2D eigenvalue weighted by Gasteiger charge is 2.62. The van der Waals surface area contributed by atoms with Crippen LogP contribution in [0.25, 0.3) is 0 Å². The molecule has 0 aromatic carbocycles. The first kappa shape index (κ1) is 28.6. The van der Waals surface area contributed by atoms with Gasteiger partial charge in [0.15, 0.2) is 0 Å². The third-order valence-electron chi connectivity index (χ3n) is 6.36. The SMILES string of the molecule is C=C[C@@H]1C[C@]1(NC(=O)[C@@H]1C[C@@H](O)CN1C(=O)[C@H](CCCCCC)NC(=O)C(F)(F)F)C(=O)OCC. The van der Waals surface area contributed by atoms with Crippen LogP contribution in [0.5, 0.6) is 0 Å². The zero-order valence-electron chi connectivity index (χ0n) is 20.0. The van der Waals surface area contributed by atoms with Crippen LogP contribution in [-0.4, -0.2) is 76.8 Å². The fourth-order valence-electron chi connectivity index (χ4n) is 4.34. The Balaban J connectivity index is 2.20. The molecule has 12 heteroatoms. The van der Waals surface area contributed by atoms with Gasteiger partial charge in [-0.2, -0.15) is 13.2 Å². The van der Waals surface area contributed by atoms with Gasteiger partial charge < -0.3 is 25.4 Å². The summed E-state index contributed by atoms with van der Waals surface area (Å²) in [7, 11) is 0. The number of unbranched alkanes of at least 4 members (excludes halogenated alkanes) is 3. The monoisotopic (exact) mass is 505 g/mol. The van der Waals surface area contributed by atoms with E-state index in [1.165, 1.54) is 6.08 Å². The lowest BCUT2D eigenvalue weighted by Crippen LogP contribution is -2.57. The Kier molecular flexibility index (Phi) is 9.70. The van der Waals surface area contributed by atoms with Crippen molar-refractivity contribution in [2.24, 2.45) is 5.92 Å². The molecule has 9 nitrogen and oxygen atoms in total. The lowest BCUT2D eigenvalue weighted by molar-refractivity contribution is -0.175. The molecule has 2 fully saturated rings. The molecule has 1 saturated heterocycles.